The SMILES string of the molecule is CCCCOc1cccc(CN=C(NCC)NCCc2csc(C)n2)c1. The number of hydrogen-bond donors (Lipinski definition) is 2. The maximum Gasteiger partial charge on any atom is 0.191 e. The summed E-state index contributed by atoms with van der Waals surface area (Å²) in [6.45, 7) is 9.31. The van der Waals surface area contributed by atoms with Crippen molar-refractivity contribution in [2.75, 3.05) is 19.7 Å². The first-order valence-corrected chi connectivity index (χ1v) is 10.2. The van der Waals surface area contributed by atoms with E-state index in [1.807, 2.05) is 19.1 Å². The number of unbranched alkanes of at least 4 members (excludes halogenated alkanes) is 1. The molecule has 0 unspecified atom stereocenters. The number of thiazole rings is 1. The molecule has 0 radical (unpaired) electrons. The second-order valence-corrected chi connectivity index (χ2v) is 7.14. The van der Waals surface area contributed by atoms with Crippen molar-refractivity contribution < 1.29 is 4.74 Å². The first-order valence-electron chi connectivity index (χ1n) is 9.36. The number of nitrogens with zero attached hydrogens (tertiary/aromatic N) is 2. The monoisotopic (exact) mass is 374 g/mol. The lowest BCUT2D eigenvalue weighted by molar-refractivity contribution is 0.309. The summed E-state index contributed by atoms with van der Waals surface area (Å²) < 4.78 is 5.77. The molecule has 0 aliphatic carbocycles. The zero-order valence-corrected chi connectivity index (χ0v) is 16.9. The Morgan fingerprint density at radius 1 is 1.27 bits per heavy atom. The standard InChI is InChI=1S/C20H30N4OS/c1-4-6-12-25-19-9-7-8-17(13-19)14-23-20(21-5-2)22-11-10-18-15-26-16(3)24-18/h7-9,13,15H,4-6,10-12,14H2,1-3H3,(H2,21,22,23). The molecule has 2 rings (SSSR count). The number of rotatable bonds is 10. The van der Waals surface area contributed by atoms with Gasteiger partial charge in [0, 0.05) is 24.9 Å². The first-order chi connectivity index (χ1) is 12.7. The number of aromatic nitrogens is 1. The summed E-state index contributed by atoms with van der Waals surface area (Å²) in [5.74, 6) is 1.75. The van der Waals surface area contributed by atoms with Crippen LogP contribution in [0.25, 0.3) is 0 Å². The van der Waals surface area contributed by atoms with Gasteiger partial charge in [-0.05, 0) is 38.0 Å². The summed E-state index contributed by atoms with van der Waals surface area (Å²) in [4.78, 5) is 9.17. The molecule has 0 amide bonds. The molecule has 0 fully saturated rings. The van der Waals surface area contributed by atoms with Gasteiger partial charge in [-0.25, -0.2) is 9.98 Å². The number of hydrogen-bond acceptors (Lipinski definition) is 4. The zero-order valence-electron chi connectivity index (χ0n) is 16.0. The van der Waals surface area contributed by atoms with E-state index < -0.39 is 0 Å². The molecule has 0 spiro atoms. The van der Waals surface area contributed by atoms with Gasteiger partial charge in [0.1, 0.15) is 5.75 Å². The van der Waals surface area contributed by atoms with E-state index in [9.17, 15) is 0 Å². The molecular weight excluding hydrogens is 344 g/mol. The van der Waals surface area contributed by atoms with E-state index in [0.717, 1.165) is 66.9 Å². The molecule has 6 heteroatoms. The van der Waals surface area contributed by atoms with Crippen molar-refractivity contribution in [3.05, 3.63) is 45.9 Å². The zero-order chi connectivity index (χ0) is 18.6. The third-order valence-corrected chi connectivity index (χ3v) is 4.59. The molecule has 26 heavy (non-hydrogen) atoms. The summed E-state index contributed by atoms with van der Waals surface area (Å²) in [7, 11) is 0. The molecule has 142 valence electrons. The fourth-order valence-corrected chi connectivity index (χ4v) is 3.06. The fraction of sp³-hybridized carbons (Fsp3) is 0.500. The molecule has 0 saturated carbocycles. The number of aliphatic imine (C=N–C) groups is 1. The maximum atomic E-state index is 5.77. The molecular formula is C20H30N4OS. The van der Waals surface area contributed by atoms with Crippen LogP contribution in [-0.2, 0) is 13.0 Å². The van der Waals surface area contributed by atoms with Crippen LogP contribution >= 0.6 is 11.3 Å². The van der Waals surface area contributed by atoms with Crippen molar-refractivity contribution in [2.24, 2.45) is 4.99 Å². The smallest absolute Gasteiger partial charge is 0.191 e. The van der Waals surface area contributed by atoms with Crippen LogP contribution in [0.2, 0.25) is 0 Å². The molecule has 0 aliphatic rings. The van der Waals surface area contributed by atoms with Gasteiger partial charge in [0.2, 0.25) is 0 Å². The number of ether oxygens (including phenoxy) is 1. The van der Waals surface area contributed by atoms with Gasteiger partial charge in [0.05, 0.1) is 23.9 Å². The lowest BCUT2D eigenvalue weighted by Gasteiger charge is -2.11. The Morgan fingerprint density at radius 3 is 2.88 bits per heavy atom. The van der Waals surface area contributed by atoms with Crippen LogP contribution in [-0.4, -0.2) is 30.6 Å². The van der Waals surface area contributed by atoms with Gasteiger partial charge in [-0.3, -0.25) is 0 Å². The number of benzene rings is 1. The maximum absolute atomic E-state index is 5.77. The average molecular weight is 375 g/mol. The minimum Gasteiger partial charge on any atom is -0.494 e. The lowest BCUT2D eigenvalue weighted by atomic mass is 10.2. The van der Waals surface area contributed by atoms with Gasteiger partial charge in [-0.15, -0.1) is 11.3 Å². The number of nitrogens with one attached hydrogen (secondary N) is 2. The molecule has 1 aromatic heterocycles. The summed E-state index contributed by atoms with van der Waals surface area (Å²) in [5.41, 5.74) is 2.28. The van der Waals surface area contributed by atoms with Gasteiger partial charge >= 0.3 is 0 Å². The van der Waals surface area contributed by atoms with Crippen molar-refractivity contribution in [2.45, 2.75) is 46.6 Å². The van der Waals surface area contributed by atoms with E-state index in [0.29, 0.717) is 6.54 Å². The first kappa shape index (κ1) is 20.2. The molecule has 1 heterocycles. The fourth-order valence-electron chi connectivity index (χ4n) is 2.41. The highest BCUT2D eigenvalue weighted by molar-refractivity contribution is 7.09. The van der Waals surface area contributed by atoms with E-state index in [1.165, 1.54) is 0 Å². The van der Waals surface area contributed by atoms with E-state index >= 15 is 0 Å². The van der Waals surface area contributed by atoms with E-state index in [-0.39, 0.29) is 0 Å². The normalized spacial score (nSPS) is 11.4. The van der Waals surface area contributed by atoms with Gasteiger partial charge < -0.3 is 15.4 Å². The summed E-state index contributed by atoms with van der Waals surface area (Å²) >= 11 is 1.69. The van der Waals surface area contributed by atoms with E-state index in [1.54, 1.807) is 11.3 Å². The van der Waals surface area contributed by atoms with Crippen molar-refractivity contribution in [1.82, 2.24) is 15.6 Å². The molecule has 0 bridgehead atoms. The molecule has 0 aliphatic heterocycles. The van der Waals surface area contributed by atoms with Crippen LogP contribution in [0.3, 0.4) is 0 Å². The van der Waals surface area contributed by atoms with Gasteiger partial charge in [-0.2, -0.15) is 0 Å². The second kappa shape index (κ2) is 11.5. The highest BCUT2D eigenvalue weighted by Gasteiger charge is 2.02. The highest BCUT2D eigenvalue weighted by atomic mass is 32.1. The van der Waals surface area contributed by atoms with Crippen LogP contribution in [0.1, 0.15) is 43.0 Å². The Kier molecular flexibility index (Phi) is 8.96. The number of aryl methyl sites for hydroxylation is 1. The minimum atomic E-state index is 0.621. The molecule has 0 atom stereocenters. The lowest BCUT2D eigenvalue weighted by Crippen LogP contribution is -2.38. The van der Waals surface area contributed by atoms with E-state index in [2.05, 4.69) is 52.0 Å². The van der Waals surface area contributed by atoms with Crippen molar-refractivity contribution in [3.8, 4) is 5.75 Å². The molecule has 2 N–H and O–H groups in total. The van der Waals surface area contributed by atoms with Gasteiger partial charge in [-0.1, -0.05) is 25.5 Å². The predicted molar refractivity (Wildman–Crippen MR) is 110 cm³/mol. The Bertz CT molecular complexity index is 684. The molecule has 1 aromatic carbocycles. The van der Waals surface area contributed by atoms with Crippen LogP contribution < -0.4 is 15.4 Å². The number of guanidine groups is 1. The van der Waals surface area contributed by atoms with Gasteiger partial charge in [0.25, 0.3) is 0 Å². The summed E-state index contributed by atoms with van der Waals surface area (Å²) in [5, 5.41) is 9.90. The van der Waals surface area contributed by atoms with E-state index in [4.69, 9.17) is 4.74 Å². The van der Waals surface area contributed by atoms with Gasteiger partial charge in [0.15, 0.2) is 5.96 Å². The third-order valence-electron chi connectivity index (χ3n) is 3.77. The Balaban J connectivity index is 1.86. The molecule has 2 aromatic rings. The van der Waals surface area contributed by atoms with Crippen molar-refractivity contribution in [1.29, 1.82) is 0 Å². The second-order valence-electron chi connectivity index (χ2n) is 6.08. The van der Waals surface area contributed by atoms with Crippen molar-refractivity contribution in [3.63, 3.8) is 0 Å². The third kappa shape index (κ3) is 7.44. The van der Waals surface area contributed by atoms with Crippen LogP contribution in [0.4, 0.5) is 0 Å². The largest absolute Gasteiger partial charge is 0.494 e. The molecule has 5 nitrogen and oxygen atoms in total. The average Bonchev–Trinajstić information content (AvgIpc) is 3.05. The van der Waals surface area contributed by atoms with Crippen LogP contribution in [0.5, 0.6) is 5.75 Å². The molecule has 0 saturated heterocycles. The summed E-state index contributed by atoms with van der Waals surface area (Å²) in [6, 6.07) is 8.18. The highest BCUT2D eigenvalue weighted by Crippen LogP contribution is 2.14. The Hall–Kier alpha value is -2.08. The van der Waals surface area contributed by atoms with Crippen molar-refractivity contribution >= 4 is 17.3 Å². The Labute approximate surface area is 160 Å². The topological polar surface area (TPSA) is 58.5 Å². The minimum absolute atomic E-state index is 0.621. The quantitative estimate of drug-likeness (QED) is 0.376. The Morgan fingerprint density at radius 2 is 2.15 bits per heavy atom. The summed E-state index contributed by atoms with van der Waals surface area (Å²) in [6.07, 6.45) is 3.12. The van der Waals surface area contributed by atoms with Crippen LogP contribution in [0, 0.1) is 6.92 Å². The predicted octanol–water partition coefficient (Wildman–Crippen LogP) is 3.93. The van der Waals surface area contributed by atoms with Crippen LogP contribution in [0.15, 0.2) is 34.6 Å².